The van der Waals surface area contributed by atoms with Gasteiger partial charge in [-0.2, -0.15) is 0 Å². The van der Waals surface area contributed by atoms with E-state index < -0.39 is 0 Å². The lowest BCUT2D eigenvalue weighted by molar-refractivity contribution is 0.806. The van der Waals surface area contributed by atoms with Crippen LogP contribution in [0.3, 0.4) is 0 Å². The van der Waals surface area contributed by atoms with E-state index in [1.807, 2.05) is 19.2 Å². The molecule has 3 nitrogen and oxygen atoms in total. The Morgan fingerprint density at radius 2 is 1.84 bits per heavy atom. The third-order valence-electron chi connectivity index (χ3n) is 2.69. The minimum Gasteiger partial charge on any atom is -0.373 e. The maximum atomic E-state index is 4.43. The van der Waals surface area contributed by atoms with E-state index in [0.717, 1.165) is 20.9 Å². The molecule has 19 heavy (non-hydrogen) atoms. The first-order valence-electron chi connectivity index (χ1n) is 6.08. The fraction of sp³-hybridized carbons (Fsp3) is 0.286. The van der Waals surface area contributed by atoms with E-state index in [1.54, 1.807) is 18.1 Å². The summed E-state index contributed by atoms with van der Waals surface area (Å²) in [6.07, 6.45) is 1.61. The first-order valence-corrected chi connectivity index (χ1v) is 7.69. The molecule has 0 amide bonds. The molecule has 0 bridgehead atoms. The van der Waals surface area contributed by atoms with E-state index in [4.69, 9.17) is 0 Å². The quantitative estimate of drug-likeness (QED) is 0.830. The van der Waals surface area contributed by atoms with Gasteiger partial charge in [0.25, 0.3) is 0 Å². The Labute approximate surface area is 126 Å². The van der Waals surface area contributed by atoms with Crippen LogP contribution in [0, 0.1) is 0 Å². The summed E-state index contributed by atoms with van der Waals surface area (Å²) in [5, 5.41) is 4.15. The monoisotopic (exact) mass is 337 g/mol. The van der Waals surface area contributed by atoms with Crippen molar-refractivity contribution >= 4 is 33.5 Å². The zero-order valence-electron chi connectivity index (χ0n) is 11.1. The predicted octanol–water partition coefficient (Wildman–Crippen LogP) is 4.56. The topological polar surface area (TPSA) is 37.8 Å². The van der Waals surface area contributed by atoms with E-state index >= 15 is 0 Å². The van der Waals surface area contributed by atoms with E-state index in [1.165, 1.54) is 4.90 Å². The van der Waals surface area contributed by atoms with Crippen molar-refractivity contribution in [3.8, 4) is 0 Å². The fourth-order valence-electron chi connectivity index (χ4n) is 1.79. The number of nitrogens with zero attached hydrogens (tertiary/aromatic N) is 2. The molecule has 0 spiro atoms. The number of anilines is 1. The van der Waals surface area contributed by atoms with Gasteiger partial charge in [0.05, 0.1) is 0 Å². The Kier molecular flexibility index (Phi) is 4.82. The summed E-state index contributed by atoms with van der Waals surface area (Å²) in [5.41, 5.74) is 1.16. The van der Waals surface area contributed by atoms with E-state index in [9.17, 15) is 0 Å². The molecule has 0 fully saturated rings. The molecular weight excluding hydrogens is 322 g/mol. The van der Waals surface area contributed by atoms with Crippen LogP contribution in [-0.2, 0) is 0 Å². The van der Waals surface area contributed by atoms with Crippen LogP contribution >= 0.6 is 27.7 Å². The molecule has 1 aromatic heterocycles. The smallest absolute Gasteiger partial charge is 0.133 e. The molecule has 0 saturated heterocycles. The molecule has 0 radical (unpaired) electrons. The van der Waals surface area contributed by atoms with Crippen molar-refractivity contribution in [2.45, 2.75) is 29.7 Å². The van der Waals surface area contributed by atoms with Crippen LogP contribution in [0.2, 0.25) is 0 Å². The average molecular weight is 338 g/mol. The predicted molar refractivity (Wildman–Crippen MR) is 83.9 cm³/mol. The molecule has 0 aliphatic heterocycles. The summed E-state index contributed by atoms with van der Waals surface area (Å²) >= 11 is 5.12. The van der Waals surface area contributed by atoms with Crippen molar-refractivity contribution in [1.82, 2.24) is 9.97 Å². The second-order valence-electron chi connectivity index (χ2n) is 4.40. The van der Waals surface area contributed by atoms with Gasteiger partial charge in [-0.15, -0.1) is 0 Å². The number of benzene rings is 1. The number of aromatic nitrogens is 2. The van der Waals surface area contributed by atoms with Gasteiger partial charge >= 0.3 is 0 Å². The molecule has 1 heterocycles. The fourth-order valence-corrected chi connectivity index (χ4v) is 3.10. The number of hydrogen-bond donors (Lipinski definition) is 1. The Morgan fingerprint density at radius 3 is 2.42 bits per heavy atom. The third kappa shape index (κ3) is 3.48. The van der Waals surface area contributed by atoms with Crippen LogP contribution in [0.4, 0.5) is 5.82 Å². The molecule has 100 valence electrons. The van der Waals surface area contributed by atoms with Crippen LogP contribution in [0.1, 0.15) is 25.3 Å². The van der Waals surface area contributed by atoms with Gasteiger partial charge in [-0.25, -0.2) is 9.97 Å². The highest BCUT2D eigenvalue weighted by molar-refractivity contribution is 9.10. The van der Waals surface area contributed by atoms with Crippen molar-refractivity contribution in [2.75, 3.05) is 12.4 Å². The minimum absolute atomic E-state index is 0.376. The molecule has 2 aromatic rings. The molecule has 0 unspecified atom stereocenters. The van der Waals surface area contributed by atoms with Gasteiger partial charge in [-0.1, -0.05) is 41.5 Å². The maximum Gasteiger partial charge on any atom is 0.133 e. The van der Waals surface area contributed by atoms with E-state index in [-0.39, 0.29) is 0 Å². The summed E-state index contributed by atoms with van der Waals surface area (Å²) in [4.78, 5) is 9.89. The molecular formula is C14H16BrN3S. The third-order valence-corrected chi connectivity index (χ3v) is 4.24. The lowest BCUT2D eigenvalue weighted by atomic mass is 10.1. The van der Waals surface area contributed by atoms with Crippen molar-refractivity contribution in [2.24, 2.45) is 0 Å². The van der Waals surface area contributed by atoms with Gasteiger partial charge in [0.1, 0.15) is 17.2 Å². The SMILES string of the molecule is CNc1ncnc(Sc2ccc(Br)cc2)c1C(C)C. The van der Waals surface area contributed by atoms with Crippen LogP contribution in [0.25, 0.3) is 0 Å². The van der Waals surface area contributed by atoms with Crippen LogP contribution in [0.15, 0.2) is 45.0 Å². The van der Waals surface area contributed by atoms with Gasteiger partial charge in [-0.05, 0) is 30.2 Å². The van der Waals surface area contributed by atoms with Crippen LogP contribution in [0.5, 0.6) is 0 Å². The zero-order valence-corrected chi connectivity index (χ0v) is 13.5. The van der Waals surface area contributed by atoms with Gasteiger partial charge in [-0.3, -0.25) is 0 Å². The largest absolute Gasteiger partial charge is 0.373 e. The van der Waals surface area contributed by atoms with Gasteiger partial charge in [0, 0.05) is 22.0 Å². The highest BCUT2D eigenvalue weighted by atomic mass is 79.9. The molecule has 1 N–H and O–H groups in total. The molecule has 2 rings (SSSR count). The molecule has 0 aliphatic carbocycles. The zero-order chi connectivity index (χ0) is 13.8. The Bertz CT molecular complexity index is 555. The number of hydrogen-bond acceptors (Lipinski definition) is 4. The van der Waals surface area contributed by atoms with Crippen molar-refractivity contribution in [1.29, 1.82) is 0 Å². The second kappa shape index (κ2) is 6.39. The molecule has 5 heteroatoms. The van der Waals surface area contributed by atoms with Gasteiger partial charge in [0.15, 0.2) is 0 Å². The lowest BCUT2D eigenvalue weighted by Crippen LogP contribution is -2.03. The van der Waals surface area contributed by atoms with Crippen molar-refractivity contribution in [3.05, 3.63) is 40.6 Å². The highest BCUT2D eigenvalue weighted by Crippen LogP contribution is 2.35. The lowest BCUT2D eigenvalue weighted by Gasteiger charge is -2.15. The summed E-state index contributed by atoms with van der Waals surface area (Å²) in [6.45, 7) is 4.32. The van der Waals surface area contributed by atoms with Crippen molar-refractivity contribution in [3.63, 3.8) is 0 Å². The standard InChI is InChI=1S/C14H16BrN3S/c1-9(2)12-13(16-3)17-8-18-14(12)19-11-6-4-10(15)5-7-11/h4-9H,1-3H3,(H,16,17,18). The normalized spacial score (nSPS) is 10.8. The number of halogens is 1. The summed E-state index contributed by atoms with van der Waals surface area (Å²) in [6, 6.07) is 8.25. The molecule has 1 aromatic carbocycles. The van der Waals surface area contributed by atoms with Gasteiger partial charge in [0.2, 0.25) is 0 Å². The van der Waals surface area contributed by atoms with Crippen LogP contribution in [-0.4, -0.2) is 17.0 Å². The Balaban J connectivity index is 2.36. The van der Waals surface area contributed by atoms with E-state index in [0.29, 0.717) is 5.92 Å². The highest BCUT2D eigenvalue weighted by Gasteiger charge is 2.15. The Morgan fingerprint density at radius 1 is 1.16 bits per heavy atom. The first-order chi connectivity index (χ1) is 9.11. The first kappa shape index (κ1) is 14.3. The summed E-state index contributed by atoms with van der Waals surface area (Å²) in [5.74, 6) is 1.28. The average Bonchev–Trinajstić information content (AvgIpc) is 2.40. The molecule has 0 atom stereocenters. The van der Waals surface area contributed by atoms with E-state index in [2.05, 4.69) is 57.2 Å². The Hall–Kier alpha value is -1.07. The number of rotatable bonds is 4. The maximum absolute atomic E-state index is 4.43. The minimum atomic E-state index is 0.376. The second-order valence-corrected chi connectivity index (χ2v) is 6.38. The molecule has 0 aliphatic rings. The summed E-state index contributed by atoms with van der Waals surface area (Å²) in [7, 11) is 1.89. The van der Waals surface area contributed by atoms with Gasteiger partial charge < -0.3 is 5.32 Å². The van der Waals surface area contributed by atoms with Crippen LogP contribution < -0.4 is 5.32 Å². The summed E-state index contributed by atoms with van der Waals surface area (Å²) < 4.78 is 1.08. The molecule has 0 saturated carbocycles. The van der Waals surface area contributed by atoms with Crippen molar-refractivity contribution < 1.29 is 0 Å². The number of nitrogens with one attached hydrogen (secondary N) is 1.